The summed E-state index contributed by atoms with van der Waals surface area (Å²) in [5.74, 6) is -1.54. The molecule has 0 spiro atoms. The lowest BCUT2D eigenvalue weighted by Gasteiger charge is -2.11. The van der Waals surface area contributed by atoms with Crippen molar-refractivity contribution in [2.24, 2.45) is 0 Å². The number of Topliss-reactive ketones (excluding diaryl/α,β-unsaturated/α-hetero) is 1. The molecule has 1 saturated carbocycles. The van der Waals surface area contributed by atoms with Crippen LogP contribution in [0.4, 0.5) is 0 Å². The van der Waals surface area contributed by atoms with E-state index in [2.05, 4.69) is 6.58 Å². The molecule has 0 bridgehead atoms. The number of ether oxygens (including phenoxy) is 2. The first-order valence-electron chi connectivity index (χ1n) is 7.69. The van der Waals surface area contributed by atoms with Gasteiger partial charge in [-0.1, -0.05) is 36.9 Å². The number of benzene rings is 1. The third-order valence-corrected chi connectivity index (χ3v) is 3.68. The summed E-state index contributed by atoms with van der Waals surface area (Å²) in [6.45, 7) is 3.16. The number of carbonyl (C=O) groups excluding carboxylic acids is 3. The molecule has 5 nitrogen and oxygen atoms in total. The number of hydrogen-bond donors (Lipinski definition) is 0. The lowest BCUT2D eigenvalue weighted by molar-refractivity contribution is -0.149. The van der Waals surface area contributed by atoms with Crippen LogP contribution < -0.4 is 0 Å². The summed E-state index contributed by atoms with van der Waals surface area (Å²) in [5, 5.41) is 0. The molecule has 1 aliphatic rings. The molecule has 0 amide bonds. The molecule has 0 radical (unpaired) electrons. The van der Waals surface area contributed by atoms with Crippen LogP contribution in [0.25, 0.3) is 0 Å². The Hall–Kier alpha value is -2.43. The number of ketones is 1. The maximum absolute atomic E-state index is 11.8. The fourth-order valence-corrected chi connectivity index (χ4v) is 2.42. The second-order valence-corrected chi connectivity index (χ2v) is 5.54. The number of esters is 2. The van der Waals surface area contributed by atoms with E-state index in [9.17, 15) is 14.4 Å². The van der Waals surface area contributed by atoms with Gasteiger partial charge in [-0.25, -0.2) is 4.79 Å². The molecule has 5 heteroatoms. The standard InChI is InChI=1S/C18H20O5/c1-13(11-17(20)23-15-9-5-6-10-15)18(21)22-12-16(19)14-7-3-2-4-8-14/h2-4,7-8,15H,1,5-6,9-12H2. The van der Waals surface area contributed by atoms with Crippen molar-refractivity contribution in [3.05, 3.63) is 48.0 Å². The van der Waals surface area contributed by atoms with Gasteiger partial charge in [-0.3, -0.25) is 9.59 Å². The molecule has 0 N–H and O–H groups in total. The highest BCUT2D eigenvalue weighted by atomic mass is 16.5. The third-order valence-electron chi connectivity index (χ3n) is 3.68. The fraction of sp³-hybridized carbons (Fsp3) is 0.389. The topological polar surface area (TPSA) is 69.7 Å². The van der Waals surface area contributed by atoms with Crippen molar-refractivity contribution < 1.29 is 23.9 Å². The van der Waals surface area contributed by atoms with E-state index in [-0.39, 0.29) is 30.5 Å². The van der Waals surface area contributed by atoms with Gasteiger partial charge in [0.1, 0.15) is 6.10 Å². The van der Waals surface area contributed by atoms with Crippen molar-refractivity contribution in [1.29, 1.82) is 0 Å². The van der Waals surface area contributed by atoms with Gasteiger partial charge in [-0.2, -0.15) is 0 Å². The smallest absolute Gasteiger partial charge is 0.334 e. The largest absolute Gasteiger partial charge is 0.462 e. The Morgan fingerprint density at radius 3 is 2.39 bits per heavy atom. The van der Waals surface area contributed by atoms with E-state index in [1.54, 1.807) is 30.3 Å². The van der Waals surface area contributed by atoms with Crippen LogP contribution in [0, 0.1) is 0 Å². The monoisotopic (exact) mass is 316 g/mol. The van der Waals surface area contributed by atoms with E-state index in [0.717, 1.165) is 25.7 Å². The normalized spacial score (nSPS) is 14.3. The average molecular weight is 316 g/mol. The van der Waals surface area contributed by atoms with Crippen LogP contribution in [0.2, 0.25) is 0 Å². The molecular formula is C18H20O5. The van der Waals surface area contributed by atoms with Crippen molar-refractivity contribution in [2.75, 3.05) is 6.61 Å². The van der Waals surface area contributed by atoms with Crippen molar-refractivity contribution in [3.63, 3.8) is 0 Å². The minimum Gasteiger partial charge on any atom is -0.462 e. The van der Waals surface area contributed by atoms with Crippen molar-refractivity contribution >= 4 is 17.7 Å². The van der Waals surface area contributed by atoms with Crippen molar-refractivity contribution in [1.82, 2.24) is 0 Å². The van der Waals surface area contributed by atoms with Gasteiger partial charge in [0.2, 0.25) is 0 Å². The Morgan fingerprint density at radius 2 is 1.74 bits per heavy atom. The van der Waals surface area contributed by atoms with Gasteiger partial charge >= 0.3 is 11.9 Å². The van der Waals surface area contributed by atoms with Gasteiger partial charge in [0.15, 0.2) is 12.4 Å². The Balaban J connectivity index is 1.73. The summed E-state index contributed by atoms with van der Waals surface area (Å²) in [5.41, 5.74) is 0.459. The quantitative estimate of drug-likeness (QED) is 0.439. The van der Waals surface area contributed by atoms with E-state index in [1.807, 2.05) is 0 Å². The fourth-order valence-electron chi connectivity index (χ4n) is 2.42. The van der Waals surface area contributed by atoms with Crippen LogP contribution in [-0.2, 0) is 19.1 Å². The number of carbonyl (C=O) groups is 3. The summed E-state index contributed by atoms with van der Waals surface area (Å²) >= 11 is 0. The van der Waals surface area contributed by atoms with Crippen LogP contribution in [-0.4, -0.2) is 30.4 Å². The average Bonchev–Trinajstić information content (AvgIpc) is 3.05. The Bertz CT molecular complexity index is 585. The summed E-state index contributed by atoms with van der Waals surface area (Å²) in [6, 6.07) is 8.54. The second-order valence-electron chi connectivity index (χ2n) is 5.54. The maximum atomic E-state index is 11.8. The van der Waals surface area contributed by atoms with Crippen LogP contribution in [0.1, 0.15) is 42.5 Å². The van der Waals surface area contributed by atoms with Crippen LogP contribution in [0.3, 0.4) is 0 Å². The molecule has 0 heterocycles. The number of hydrogen-bond acceptors (Lipinski definition) is 5. The first-order chi connectivity index (χ1) is 11.1. The Morgan fingerprint density at radius 1 is 1.09 bits per heavy atom. The highest BCUT2D eigenvalue weighted by Crippen LogP contribution is 2.21. The Labute approximate surface area is 135 Å². The van der Waals surface area contributed by atoms with Gasteiger partial charge in [-0.05, 0) is 25.7 Å². The lowest BCUT2D eigenvalue weighted by atomic mass is 10.1. The lowest BCUT2D eigenvalue weighted by Crippen LogP contribution is -2.19. The molecule has 122 valence electrons. The van der Waals surface area contributed by atoms with Crippen LogP contribution >= 0.6 is 0 Å². The van der Waals surface area contributed by atoms with Gasteiger partial charge in [-0.15, -0.1) is 0 Å². The zero-order chi connectivity index (χ0) is 16.7. The minimum atomic E-state index is -0.752. The molecular weight excluding hydrogens is 296 g/mol. The van der Waals surface area contributed by atoms with E-state index in [1.165, 1.54) is 0 Å². The van der Waals surface area contributed by atoms with E-state index < -0.39 is 11.9 Å². The third kappa shape index (κ3) is 5.36. The first-order valence-corrected chi connectivity index (χ1v) is 7.69. The highest BCUT2D eigenvalue weighted by Gasteiger charge is 2.21. The zero-order valence-electron chi connectivity index (χ0n) is 13.0. The Kier molecular flexibility index (Phi) is 6.09. The van der Waals surface area contributed by atoms with Gasteiger partial charge in [0.25, 0.3) is 0 Å². The van der Waals surface area contributed by atoms with Crippen molar-refractivity contribution in [2.45, 2.75) is 38.2 Å². The molecule has 1 fully saturated rings. The van der Waals surface area contributed by atoms with Gasteiger partial charge in [0.05, 0.1) is 6.42 Å². The first kappa shape index (κ1) is 16.9. The molecule has 0 unspecified atom stereocenters. The molecule has 2 rings (SSSR count). The summed E-state index contributed by atoms with van der Waals surface area (Å²) in [7, 11) is 0. The van der Waals surface area contributed by atoms with Crippen LogP contribution in [0.5, 0.6) is 0 Å². The molecule has 0 atom stereocenters. The van der Waals surface area contributed by atoms with Gasteiger partial charge in [0, 0.05) is 11.1 Å². The molecule has 1 aliphatic carbocycles. The van der Waals surface area contributed by atoms with E-state index in [0.29, 0.717) is 5.56 Å². The highest BCUT2D eigenvalue weighted by molar-refractivity contribution is 5.99. The minimum absolute atomic E-state index is 0.00569. The van der Waals surface area contributed by atoms with Crippen molar-refractivity contribution in [3.8, 4) is 0 Å². The summed E-state index contributed by atoms with van der Waals surface area (Å²) in [6.07, 6.45) is 3.59. The predicted molar refractivity (Wildman–Crippen MR) is 83.8 cm³/mol. The van der Waals surface area contributed by atoms with E-state index >= 15 is 0 Å². The van der Waals surface area contributed by atoms with E-state index in [4.69, 9.17) is 9.47 Å². The molecule has 1 aromatic carbocycles. The molecule has 23 heavy (non-hydrogen) atoms. The molecule has 0 aromatic heterocycles. The van der Waals surface area contributed by atoms with Crippen LogP contribution in [0.15, 0.2) is 42.5 Å². The predicted octanol–water partition coefficient (Wildman–Crippen LogP) is 2.84. The summed E-state index contributed by atoms with van der Waals surface area (Å²) < 4.78 is 10.1. The SMILES string of the molecule is C=C(CC(=O)OC1CCCC1)C(=O)OCC(=O)c1ccccc1. The zero-order valence-corrected chi connectivity index (χ0v) is 13.0. The molecule has 1 aromatic rings. The maximum Gasteiger partial charge on any atom is 0.334 e. The molecule has 0 saturated heterocycles. The van der Waals surface area contributed by atoms with Gasteiger partial charge < -0.3 is 9.47 Å². The second kappa shape index (κ2) is 8.27. The summed E-state index contributed by atoms with van der Waals surface area (Å²) in [4.78, 5) is 35.3. The number of rotatable bonds is 7. The molecule has 0 aliphatic heterocycles.